The lowest BCUT2D eigenvalue weighted by molar-refractivity contribution is 0.227. The molecule has 13 heavy (non-hydrogen) atoms. The smallest absolute Gasteiger partial charge is 0.211 e. The maximum atomic E-state index is 11.4. The molecule has 1 heterocycles. The summed E-state index contributed by atoms with van der Waals surface area (Å²) in [5.41, 5.74) is 0. The first-order valence-corrected chi connectivity index (χ1v) is 6.18. The Morgan fingerprint density at radius 3 is 2.15 bits per heavy atom. The average Bonchev–Trinajstić information content (AvgIpc) is 1.94. The van der Waals surface area contributed by atoms with Crippen LogP contribution in [0.5, 0.6) is 0 Å². The molecule has 1 aliphatic heterocycles. The summed E-state index contributed by atoms with van der Waals surface area (Å²) in [7, 11) is -3.56. The highest BCUT2D eigenvalue weighted by molar-refractivity contribution is 7.88. The quantitative estimate of drug-likeness (QED) is 0.688. The largest absolute Gasteiger partial charge is 0.213 e. The van der Waals surface area contributed by atoms with Gasteiger partial charge in [0.2, 0.25) is 10.0 Å². The molecule has 1 rings (SSSR count). The summed E-state index contributed by atoms with van der Waals surface area (Å²) in [6.07, 6.45) is -2.72. The van der Waals surface area contributed by atoms with Gasteiger partial charge in [-0.1, -0.05) is 13.8 Å². The van der Waals surface area contributed by atoms with E-state index in [1.165, 1.54) is 0 Å². The lowest BCUT2D eigenvalue weighted by Gasteiger charge is -2.32. The molecule has 1 saturated heterocycles. The molecule has 4 heteroatoms. The number of piperidine rings is 1. The molecule has 0 unspecified atom stereocenters. The highest BCUT2D eigenvalue weighted by atomic mass is 32.2. The van der Waals surface area contributed by atoms with Crippen LogP contribution in [0.4, 0.5) is 0 Å². The number of rotatable bonds is 2. The second-order valence-electron chi connectivity index (χ2n) is 3.66. The van der Waals surface area contributed by atoms with Crippen molar-refractivity contribution in [2.75, 3.05) is 19.3 Å². The molecule has 1 aliphatic rings. The molecule has 78 valence electrons. The molecule has 0 bridgehead atoms. The standard InChI is InChI=1S/C9H19NO2S/c1-8(2)9-4-6-10(7-5-9)13(3,11)12/h8-9H,4-7H2,1-3H3/i4D2,5D2. The van der Waals surface area contributed by atoms with Crippen molar-refractivity contribution in [3.63, 3.8) is 0 Å². The number of sulfonamides is 1. The second kappa shape index (κ2) is 3.96. The van der Waals surface area contributed by atoms with E-state index in [9.17, 15) is 8.42 Å². The predicted octanol–water partition coefficient (Wildman–Crippen LogP) is 1.31. The van der Waals surface area contributed by atoms with Gasteiger partial charge in [0.1, 0.15) is 0 Å². The van der Waals surface area contributed by atoms with Crippen molar-refractivity contribution < 1.29 is 13.9 Å². The number of nitrogens with zero attached hydrogens (tertiary/aromatic N) is 1. The molecule has 0 atom stereocenters. The molecule has 0 saturated carbocycles. The Balaban J connectivity index is 3.14. The molecule has 3 nitrogen and oxygen atoms in total. The summed E-state index contributed by atoms with van der Waals surface area (Å²) >= 11 is 0. The molecular formula is C9H19NO2S. The minimum absolute atomic E-state index is 0.179. The molecule has 0 aromatic carbocycles. The predicted molar refractivity (Wildman–Crippen MR) is 54.0 cm³/mol. The normalized spacial score (nSPS) is 34.8. The van der Waals surface area contributed by atoms with Crippen LogP contribution in [-0.2, 0) is 10.0 Å². The zero-order chi connectivity index (χ0) is 13.6. The third-order valence-electron chi connectivity index (χ3n) is 2.11. The first-order valence-electron chi connectivity index (χ1n) is 6.33. The van der Waals surface area contributed by atoms with E-state index in [0.717, 1.165) is 10.6 Å². The number of hydrogen-bond donors (Lipinski definition) is 0. The van der Waals surface area contributed by atoms with Gasteiger partial charge in [-0.05, 0) is 24.6 Å². The van der Waals surface area contributed by atoms with E-state index in [4.69, 9.17) is 5.48 Å². The van der Waals surface area contributed by atoms with Crippen molar-refractivity contribution in [2.24, 2.45) is 11.8 Å². The zero-order valence-corrected chi connectivity index (χ0v) is 9.06. The molecule has 0 aliphatic carbocycles. The summed E-state index contributed by atoms with van der Waals surface area (Å²) in [4.78, 5) is 0. The third-order valence-corrected chi connectivity index (χ3v) is 3.31. The van der Waals surface area contributed by atoms with Crippen molar-refractivity contribution >= 4 is 10.0 Å². The Labute approximate surface area is 86.8 Å². The topological polar surface area (TPSA) is 37.4 Å². The molecule has 0 spiro atoms. The van der Waals surface area contributed by atoms with Gasteiger partial charge >= 0.3 is 0 Å². The Bertz CT molecular complexity index is 376. The van der Waals surface area contributed by atoms with E-state index in [2.05, 4.69) is 0 Å². The minimum atomic E-state index is -3.56. The molecule has 0 N–H and O–H groups in total. The van der Waals surface area contributed by atoms with Gasteiger partial charge in [-0.15, -0.1) is 0 Å². The summed E-state index contributed by atoms with van der Waals surface area (Å²) < 4.78 is 55.4. The van der Waals surface area contributed by atoms with Crippen molar-refractivity contribution in [3.8, 4) is 0 Å². The van der Waals surface area contributed by atoms with Gasteiger partial charge in [-0.2, -0.15) is 0 Å². The van der Waals surface area contributed by atoms with Gasteiger partial charge in [-0.3, -0.25) is 0 Å². The van der Waals surface area contributed by atoms with E-state index >= 15 is 0 Å². The first-order chi connectivity index (χ1) is 7.38. The van der Waals surface area contributed by atoms with E-state index in [1.807, 2.05) is 0 Å². The van der Waals surface area contributed by atoms with Gasteiger partial charge < -0.3 is 0 Å². The summed E-state index contributed by atoms with van der Waals surface area (Å²) in [5.74, 6) is -0.977. The van der Waals surface area contributed by atoms with E-state index < -0.39 is 28.7 Å². The van der Waals surface area contributed by atoms with Crippen LogP contribution in [0.25, 0.3) is 0 Å². The highest BCUT2D eigenvalue weighted by Crippen LogP contribution is 2.25. The maximum absolute atomic E-state index is 11.4. The van der Waals surface area contributed by atoms with Crippen molar-refractivity contribution in [1.82, 2.24) is 4.31 Å². The van der Waals surface area contributed by atoms with E-state index in [-0.39, 0.29) is 19.0 Å². The minimum Gasteiger partial charge on any atom is -0.213 e. The fourth-order valence-corrected chi connectivity index (χ4v) is 1.85. The molecular weight excluding hydrogens is 186 g/mol. The molecule has 1 fully saturated rings. The van der Waals surface area contributed by atoms with Crippen LogP contribution in [0.3, 0.4) is 0 Å². The lowest BCUT2D eigenvalue weighted by atomic mass is 9.87. The van der Waals surface area contributed by atoms with Gasteiger partial charge in [0.15, 0.2) is 0 Å². The summed E-state index contributed by atoms with van der Waals surface area (Å²) in [6.45, 7) is 2.98. The fraction of sp³-hybridized carbons (Fsp3) is 1.00. The highest BCUT2D eigenvalue weighted by Gasteiger charge is 2.25. The lowest BCUT2D eigenvalue weighted by Crippen LogP contribution is -2.38. The van der Waals surface area contributed by atoms with Crippen molar-refractivity contribution in [3.05, 3.63) is 0 Å². The molecule has 0 aromatic heterocycles. The fourth-order valence-electron chi connectivity index (χ4n) is 1.23. The van der Waals surface area contributed by atoms with Crippen molar-refractivity contribution in [2.45, 2.75) is 26.6 Å². The average molecular weight is 209 g/mol. The van der Waals surface area contributed by atoms with Gasteiger partial charge in [0.05, 0.1) is 6.26 Å². The van der Waals surface area contributed by atoms with E-state index in [0.29, 0.717) is 0 Å². The van der Waals surface area contributed by atoms with Crippen LogP contribution < -0.4 is 0 Å². The SMILES string of the molecule is [2H]C1([2H])CN(S(C)(=O)=O)CC([2H])([2H])C1C(C)C. The third kappa shape index (κ3) is 2.95. The molecule has 0 aromatic rings. The summed E-state index contributed by atoms with van der Waals surface area (Å²) in [6, 6.07) is 0. The van der Waals surface area contributed by atoms with Gasteiger partial charge in [0, 0.05) is 18.6 Å². The first kappa shape index (κ1) is 6.40. The second-order valence-corrected chi connectivity index (χ2v) is 5.64. The van der Waals surface area contributed by atoms with Crippen LogP contribution in [0, 0.1) is 11.8 Å². The van der Waals surface area contributed by atoms with Gasteiger partial charge in [0.25, 0.3) is 0 Å². The van der Waals surface area contributed by atoms with Crippen LogP contribution in [0.15, 0.2) is 0 Å². The van der Waals surface area contributed by atoms with E-state index in [1.54, 1.807) is 13.8 Å². The Hall–Kier alpha value is -0.0900. The number of hydrogen-bond acceptors (Lipinski definition) is 2. The Morgan fingerprint density at radius 2 is 1.85 bits per heavy atom. The zero-order valence-electron chi connectivity index (χ0n) is 12.2. The van der Waals surface area contributed by atoms with Crippen molar-refractivity contribution in [1.29, 1.82) is 0 Å². The van der Waals surface area contributed by atoms with Crippen LogP contribution in [0.2, 0.25) is 0 Å². The molecule has 0 amide bonds. The van der Waals surface area contributed by atoms with Crippen LogP contribution in [0.1, 0.15) is 32.1 Å². The maximum Gasteiger partial charge on any atom is 0.211 e. The monoisotopic (exact) mass is 209 g/mol. The van der Waals surface area contributed by atoms with Crippen LogP contribution >= 0.6 is 0 Å². The Kier molecular flexibility index (Phi) is 1.95. The van der Waals surface area contributed by atoms with Gasteiger partial charge in [-0.25, -0.2) is 12.7 Å². The molecule has 0 radical (unpaired) electrons. The summed E-state index contributed by atoms with van der Waals surface area (Å²) in [5, 5.41) is 0. The van der Waals surface area contributed by atoms with Crippen LogP contribution in [-0.4, -0.2) is 32.1 Å². The Morgan fingerprint density at radius 1 is 1.38 bits per heavy atom.